The van der Waals surface area contributed by atoms with Crippen LogP contribution < -0.4 is 0 Å². The second-order valence-electron chi connectivity index (χ2n) is 3.74. The summed E-state index contributed by atoms with van der Waals surface area (Å²) in [6, 6.07) is 0. The standard InChI is InChI=1S/C6H13BO2/c1-5(2)6(3,4)8-9-7-5/h7H,1-4H3. The Morgan fingerprint density at radius 2 is 1.67 bits per heavy atom. The molecule has 0 aromatic rings. The molecule has 0 saturated carbocycles. The fourth-order valence-corrected chi connectivity index (χ4v) is 0.611. The highest BCUT2D eigenvalue weighted by molar-refractivity contribution is 6.33. The number of rotatable bonds is 0. The summed E-state index contributed by atoms with van der Waals surface area (Å²) in [5.74, 6) is 0. The third-order valence-electron chi connectivity index (χ3n) is 2.32. The maximum atomic E-state index is 5.06. The van der Waals surface area contributed by atoms with Crippen LogP contribution in [-0.2, 0) is 9.69 Å². The summed E-state index contributed by atoms with van der Waals surface area (Å²) in [7, 11) is 0.694. The van der Waals surface area contributed by atoms with Gasteiger partial charge in [0, 0.05) is 5.31 Å². The van der Waals surface area contributed by atoms with E-state index in [4.69, 9.17) is 9.69 Å². The van der Waals surface area contributed by atoms with E-state index in [0.29, 0.717) is 7.48 Å². The summed E-state index contributed by atoms with van der Waals surface area (Å²) >= 11 is 0. The zero-order chi connectivity index (χ0) is 7.12. The van der Waals surface area contributed by atoms with Crippen LogP contribution >= 0.6 is 0 Å². The van der Waals surface area contributed by atoms with E-state index < -0.39 is 0 Å². The molecule has 0 unspecified atom stereocenters. The summed E-state index contributed by atoms with van der Waals surface area (Å²) < 4.78 is 0. The molecule has 0 aromatic carbocycles. The lowest BCUT2D eigenvalue weighted by Gasteiger charge is -2.28. The van der Waals surface area contributed by atoms with Crippen molar-refractivity contribution in [1.82, 2.24) is 0 Å². The van der Waals surface area contributed by atoms with Crippen molar-refractivity contribution in [3.63, 3.8) is 0 Å². The highest BCUT2D eigenvalue weighted by atomic mass is 17.2. The van der Waals surface area contributed by atoms with Crippen molar-refractivity contribution >= 4 is 7.48 Å². The van der Waals surface area contributed by atoms with Crippen LogP contribution in [0.15, 0.2) is 0 Å². The van der Waals surface area contributed by atoms with Crippen molar-refractivity contribution in [2.24, 2.45) is 0 Å². The Bertz CT molecular complexity index is 106. The van der Waals surface area contributed by atoms with Crippen molar-refractivity contribution in [3.05, 3.63) is 0 Å². The predicted molar refractivity (Wildman–Crippen MR) is 37.4 cm³/mol. The van der Waals surface area contributed by atoms with Gasteiger partial charge >= 0.3 is 7.48 Å². The third-order valence-corrected chi connectivity index (χ3v) is 2.32. The molecule has 3 heteroatoms. The average Bonchev–Trinajstić information content (AvgIpc) is 1.81. The monoisotopic (exact) mass is 128 g/mol. The molecule has 0 bridgehead atoms. The molecule has 1 saturated heterocycles. The molecule has 1 aliphatic heterocycles. The van der Waals surface area contributed by atoms with Gasteiger partial charge in [0.15, 0.2) is 0 Å². The van der Waals surface area contributed by atoms with E-state index in [1.54, 1.807) is 0 Å². The summed E-state index contributed by atoms with van der Waals surface area (Å²) in [6.07, 6.45) is 0. The molecule has 0 radical (unpaired) electrons. The Hall–Kier alpha value is -0.0151. The Balaban J connectivity index is 2.75. The smallest absolute Gasteiger partial charge is 0.308 e. The normalized spacial score (nSPS) is 29.8. The van der Waals surface area contributed by atoms with Gasteiger partial charge in [-0.2, -0.15) is 0 Å². The summed E-state index contributed by atoms with van der Waals surface area (Å²) in [5, 5.41) is 0.146. The first kappa shape index (κ1) is 7.10. The first-order valence-corrected chi connectivity index (χ1v) is 3.26. The van der Waals surface area contributed by atoms with Crippen molar-refractivity contribution in [2.75, 3.05) is 0 Å². The quantitative estimate of drug-likeness (QED) is 0.361. The second kappa shape index (κ2) is 1.73. The van der Waals surface area contributed by atoms with Crippen molar-refractivity contribution in [3.8, 4) is 0 Å². The SMILES string of the molecule is CC1(C)BOOC1(C)C. The summed E-state index contributed by atoms with van der Waals surface area (Å²) in [5.41, 5.74) is -0.132. The molecular formula is C6H13BO2. The molecule has 0 atom stereocenters. The molecule has 1 heterocycles. The summed E-state index contributed by atoms with van der Waals surface area (Å²) in [4.78, 5) is 9.93. The van der Waals surface area contributed by atoms with Crippen LogP contribution in [0.5, 0.6) is 0 Å². The molecule has 52 valence electrons. The van der Waals surface area contributed by atoms with Crippen LogP contribution in [0.3, 0.4) is 0 Å². The molecule has 1 fully saturated rings. The average molecular weight is 128 g/mol. The van der Waals surface area contributed by atoms with Crippen LogP contribution in [0.4, 0.5) is 0 Å². The van der Waals surface area contributed by atoms with Gasteiger partial charge in [-0.3, -0.25) is 0 Å². The Kier molecular flexibility index (Phi) is 1.37. The minimum absolute atomic E-state index is 0.132. The molecule has 0 amide bonds. The first-order valence-electron chi connectivity index (χ1n) is 3.26. The lowest BCUT2D eigenvalue weighted by atomic mass is 9.59. The van der Waals surface area contributed by atoms with Gasteiger partial charge in [0.2, 0.25) is 0 Å². The molecule has 0 aromatic heterocycles. The molecule has 9 heavy (non-hydrogen) atoms. The Morgan fingerprint density at radius 1 is 1.11 bits per heavy atom. The van der Waals surface area contributed by atoms with Crippen molar-refractivity contribution in [2.45, 2.75) is 38.6 Å². The van der Waals surface area contributed by atoms with E-state index in [-0.39, 0.29) is 10.9 Å². The molecule has 0 spiro atoms. The molecular weight excluding hydrogens is 115 g/mol. The van der Waals surface area contributed by atoms with Gasteiger partial charge in [-0.1, -0.05) is 13.8 Å². The van der Waals surface area contributed by atoms with E-state index in [0.717, 1.165) is 0 Å². The highest BCUT2D eigenvalue weighted by Gasteiger charge is 2.46. The Labute approximate surface area is 56.7 Å². The van der Waals surface area contributed by atoms with E-state index in [9.17, 15) is 0 Å². The van der Waals surface area contributed by atoms with Gasteiger partial charge in [0.1, 0.15) is 0 Å². The lowest BCUT2D eigenvalue weighted by Crippen LogP contribution is -2.31. The van der Waals surface area contributed by atoms with E-state index in [2.05, 4.69) is 13.8 Å². The van der Waals surface area contributed by atoms with Gasteiger partial charge in [0.05, 0.1) is 5.60 Å². The zero-order valence-corrected chi connectivity index (χ0v) is 6.52. The van der Waals surface area contributed by atoms with E-state index in [1.807, 2.05) is 13.8 Å². The molecule has 1 aliphatic rings. The third kappa shape index (κ3) is 0.991. The van der Waals surface area contributed by atoms with Gasteiger partial charge in [-0.05, 0) is 13.8 Å². The largest absolute Gasteiger partial charge is 0.332 e. The molecule has 1 rings (SSSR count). The fraction of sp³-hybridized carbons (Fsp3) is 1.00. The molecule has 0 N–H and O–H groups in total. The van der Waals surface area contributed by atoms with Crippen LogP contribution in [0.1, 0.15) is 27.7 Å². The van der Waals surface area contributed by atoms with E-state index >= 15 is 0 Å². The minimum atomic E-state index is -0.132. The maximum absolute atomic E-state index is 5.06. The Morgan fingerprint density at radius 3 is 1.78 bits per heavy atom. The van der Waals surface area contributed by atoms with Crippen molar-refractivity contribution < 1.29 is 9.69 Å². The van der Waals surface area contributed by atoms with Crippen LogP contribution in [-0.4, -0.2) is 13.1 Å². The highest BCUT2D eigenvalue weighted by Crippen LogP contribution is 2.44. The van der Waals surface area contributed by atoms with Gasteiger partial charge in [0.25, 0.3) is 0 Å². The zero-order valence-electron chi connectivity index (χ0n) is 6.52. The first-order chi connectivity index (χ1) is 3.96. The number of hydrogen-bond donors (Lipinski definition) is 0. The van der Waals surface area contributed by atoms with Crippen molar-refractivity contribution in [1.29, 1.82) is 0 Å². The van der Waals surface area contributed by atoms with Crippen LogP contribution in [0, 0.1) is 0 Å². The fourth-order valence-electron chi connectivity index (χ4n) is 0.611. The van der Waals surface area contributed by atoms with Gasteiger partial charge in [-0.15, -0.1) is 0 Å². The van der Waals surface area contributed by atoms with Crippen LogP contribution in [0.2, 0.25) is 5.31 Å². The van der Waals surface area contributed by atoms with Gasteiger partial charge < -0.3 is 4.81 Å². The lowest BCUT2D eigenvalue weighted by molar-refractivity contribution is -0.260. The molecule has 0 aliphatic carbocycles. The predicted octanol–water partition coefficient (Wildman–Crippen LogP) is 1.28. The maximum Gasteiger partial charge on any atom is 0.332 e. The second-order valence-corrected chi connectivity index (χ2v) is 3.74. The molecule has 2 nitrogen and oxygen atoms in total. The van der Waals surface area contributed by atoms with E-state index in [1.165, 1.54) is 0 Å². The minimum Gasteiger partial charge on any atom is -0.308 e. The summed E-state index contributed by atoms with van der Waals surface area (Å²) in [6.45, 7) is 8.36. The van der Waals surface area contributed by atoms with Gasteiger partial charge in [-0.25, -0.2) is 4.89 Å². The topological polar surface area (TPSA) is 18.5 Å². The number of hydrogen-bond acceptors (Lipinski definition) is 2. The van der Waals surface area contributed by atoms with Crippen LogP contribution in [0.25, 0.3) is 0 Å².